The first-order valence-corrected chi connectivity index (χ1v) is 6.97. The molecule has 3 rings (SSSR count). The summed E-state index contributed by atoms with van der Waals surface area (Å²) in [6, 6.07) is 7.68. The van der Waals surface area contributed by atoms with Crippen molar-refractivity contribution in [2.75, 3.05) is 25.6 Å². The molecule has 0 saturated carbocycles. The van der Waals surface area contributed by atoms with Gasteiger partial charge in [-0.15, -0.1) is 0 Å². The first-order chi connectivity index (χ1) is 10.1. The smallest absolute Gasteiger partial charge is 0.236 e. The predicted molar refractivity (Wildman–Crippen MR) is 76.8 cm³/mol. The molecule has 1 atom stereocenters. The molecule has 0 spiro atoms. The van der Waals surface area contributed by atoms with Gasteiger partial charge in [0, 0.05) is 5.69 Å². The number of hydrogen-bond donors (Lipinski definition) is 1. The topological polar surface area (TPSA) is 83.4 Å². The van der Waals surface area contributed by atoms with Crippen molar-refractivity contribution in [2.24, 2.45) is 0 Å². The fourth-order valence-corrected chi connectivity index (χ4v) is 2.28. The van der Waals surface area contributed by atoms with Crippen LogP contribution in [0.4, 0.5) is 5.69 Å². The van der Waals surface area contributed by atoms with Crippen LogP contribution in [0.1, 0.15) is 37.2 Å². The molecule has 0 aliphatic carbocycles. The molecule has 6 heteroatoms. The minimum absolute atomic E-state index is 0.251. The average molecular weight is 289 g/mol. The molecule has 2 heterocycles. The number of nitrogen functional groups attached to an aromatic ring is 1. The highest BCUT2D eigenvalue weighted by Crippen LogP contribution is 2.31. The molecule has 2 N–H and O–H groups in total. The number of ether oxygens (including phenoxy) is 2. The fraction of sp³-hybridized carbons (Fsp3) is 0.467. The number of hydrogen-bond acceptors (Lipinski definition) is 6. The third kappa shape index (κ3) is 2.77. The van der Waals surface area contributed by atoms with E-state index in [2.05, 4.69) is 10.1 Å². The van der Waals surface area contributed by atoms with E-state index in [4.69, 9.17) is 19.7 Å². The molecule has 1 aliphatic rings. The van der Waals surface area contributed by atoms with Crippen LogP contribution in [0.3, 0.4) is 0 Å². The lowest BCUT2D eigenvalue weighted by atomic mass is 9.84. The van der Waals surface area contributed by atoms with E-state index in [-0.39, 0.29) is 6.10 Å². The second-order valence-corrected chi connectivity index (χ2v) is 5.64. The number of rotatable bonds is 3. The number of benzene rings is 1. The molecule has 1 aromatic carbocycles. The largest absolute Gasteiger partial charge is 0.399 e. The van der Waals surface area contributed by atoms with Crippen LogP contribution in [-0.2, 0) is 14.9 Å². The number of aromatic nitrogens is 2. The second kappa shape index (κ2) is 5.46. The van der Waals surface area contributed by atoms with E-state index in [0.29, 0.717) is 31.5 Å². The van der Waals surface area contributed by atoms with E-state index in [9.17, 15) is 0 Å². The van der Waals surface area contributed by atoms with Gasteiger partial charge in [-0.2, -0.15) is 4.98 Å². The van der Waals surface area contributed by atoms with Crippen molar-refractivity contribution >= 4 is 5.69 Å². The van der Waals surface area contributed by atoms with Gasteiger partial charge in [-0.25, -0.2) is 0 Å². The summed E-state index contributed by atoms with van der Waals surface area (Å²) in [4.78, 5) is 4.49. The van der Waals surface area contributed by atoms with E-state index in [1.54, 1.807) is 0 Å². The Kier molecular flexibility index (Phi) is 3.65. The highest BCUT2D eigenvalue weighted by atomic mass is 16.6. The SMILES string of the molecule is CC(C)(c1ccc(N)cc1)c1nc(C2COCCO2)no1. The van der Waals surface area contributed by atoms with Crippen LogP contribution in [0.5, 0.6) is 0 Å². The van der Waals surface area contributed by atoms with Gasteiger partial charge in [-0.1, -0.05) is 17.3 Å². The van der Waals surface area contributed by atoms with Crippen molar-refractivity contribution in [3.05, 3.63) is 41.5 Å². The van der Waals surface area contributed by atoms with Gasteiger partial charge < -0.3 is 19.7 Å². The molecule has 6 nitrogen and oxygen atoms in total. The molecule has 1 aliphatic heterocycles. The van der Waals surface area contributed by atoms with Gasteiger partial charge in [0.05, 0.1) is 25.2 Å². The van der Waals surface area contributed by atoms with Gasteiger partial charge >= 0.3 is 0 Å². The van der Waals surface area contributed by atoms with Gasteiger partial charge in [0.25, 0.3) is 0 Å². The lowest BCUT2D eigenvalue weighted by Crippen LogP contribution is -2.23. The van der Waals surface area contributed by atoms with Crippen molar-refractivity contribution in [1.82, 2.24) is 10.1 Å². The van der Waals surface area contributed by atoms with Gasteiger partial charge in [0.15, 0.2) is 0 Å². The Hall–Kier alpha value is -1.92. The molecule has 1 unspecified atom stereocenters. The maximum Gasteiger partial charge on any atom is 0.236 e. The van der Waals surface area contributed by atoms with E-state index in [1.807, 2.05) is 38.1 Å². The number of nitrogens with two attached hydrogens (primary N) is 1. The van der Waals surface area contributed by atoms with Crippen molar-refractivity contribution in [2.45, 2.75) is 25.4 Å². The lowest BCUT2D eigenvalue weighted by Gasteiger charge is -2.21. The number of anilines is 1. The number of nitrogens with zero attached hydrogens (tertiary/aromatic N) is 2. The van der Waals surface area contributed by atoms with E-state index < -0.39 is 5.41 Å². The van der Waals surface area contributed by atoms with Crippen LogP contribution in [0, 0.1) is 0 Å². The van der Waals surface area contributed by atoms with Crippen LogP contribution in [0.2, 0.25) is 0 Å². The first kappa shape index (κ1) is 14.0. The zero-order valence-electron chi connectivity index (χ0n) is 12.2. The Bertz CT molecular complexity index is 601. The Morgan fingerprint density at radius 2 is 1.95 bits per heavy atom. The van der Waals surface area contributed by atoms with Gasteiger partial charge in [-0.3, -0.25) is 0 Å². The van der Waals surface area contributed by atoms with E-state index in [0.717, 1.165) is 11.3 Å². The monoisotopic (exact) mass is 289 g/mol. The fourth-order valence-electron chi connectivity index (χ4n) is 2.28. The third-order valence-corrected chi connectivity index (χ3v) is 3.71. The Labute approximate surface area is 123 Å². The summed E-state index contributed by atoms with van der Waals surface area (Å²) in [6.07, 6.45) is -0.251. The summed E-state index contributed by atoms with van der Waals surface area (Å²) in [5, 5.41) is 4.03. The first-order valence-electron chi connectivity index (χ1n) is 6.97. The molecule has 0 amide bonds. The molecular formula is C15H19N3O3. The van der Waals surface area contributed by atoms with Gasteiger partial charge in [0.1, 0.15) is 6.10 Å². The average Bonchev–Trinajstić information content (AvgIpc) is 2.99. The van der Waals surface area contributed by atoms with Crippen LogP contribution in [-0.4, -0.2) is 30.0 Å². The molecular weight excluding hydrogens is 270 g/mol. The molecule has 112 valence electrons. The van der Waals surface area contributed by atoms with Crippen molar-refractivity contribution < 1.29 is 14.0 Å². The van der Waals surface area contributed by atoms with Crippen molar-refractivity contribution in [3.63, 3.8) is 0 Å². The lowest BCUT2D eigenvalue weighted by molar-refractivity contribution is -0.0941. The zero-order valence-corrected chi connectivity index (χ0v) is 12.2. The molecule has 1 fully saturated rings. The summed E-state index contributed by atoms with van der Waals surface area (Å²) in [5.74, 6) is 1.09. The van der Waals surface area contributed by atoms with Crippen LogP contribution in [0.25, 0.3) is 0 Å². The minimum Gasteiger partial charge on any atom is -0.399 e. The second-order valence-electron chi connectivity index (χ2n) is 5.64. The minimum atomic E-state index is -0.394. The van der Waals surface area contributed by atoms with Gasteiger partial charge in [0.2, 0.25) is 11.7 Å². The molecule has 0 bridgehead atoms. The molecule has 0 radical (unpaired) electrons. The summed E-state index contributed by atoms with van der Waals surface area (Å²) in [6.45, 7) is 5.69. The van der Waals surface area contributed by atoms with Crippen LogP contribution in [0.15, 0.2) is 28.8 Å². The predicted octanol–water partition coefficient (Wildman–Crippen LogP) is 2.07. The van der Waals surface area contributed by atoms with E-state index >= 15 is 0 Å². The van der Waals surface area contributed by atoms with Crippen molar-refractivity contribution in [1.29, 1.82) is 0 Å². The summed E-state index contributed by atoms with van der Waals surface area (Å²) < 4.78 is 16.4. The third-order valence-electron chi connectivity index (χ3n) is 3.71. The molecule has 2 aromatic rings. The molecule has 1 aromatic heterocycles. The Morgan fingerprint density at radius 3 is 2.62 bits per heavy atom. The highest BCUT2D eigenvalue weighted by Gasteiger charge is 2.32. The summed E-state index contributed by atoms with van der Waals surface area (Å²) >= 11 is 0. The van der Waals surface area contributed by atoms with Crippen LogP contribution < -0.4 is 5.73 Å². The van der Waals surface area contributed by atoms with Crippen molar-refractivity contribution in [3.8, 4) is 0 Å². The maximum absolute atomic E-state index is 5.73. The molecule has 1 saturated heterocycles. The molecule has 21 heavy (non-hydrogen) atoms. The van der Waals surface area contributed by atoms with Crippen LogP contribution >= 0.6 is 0 Å². The van der Waals surface area contributed by atoms with E-state index in [1.165, 1.54) is 0 Å². The summed E-state index contributed by atoms with van der Waals surface area (Å²) in [5.41, 5.74) is 7.13. The standard InChI is InChI=1S/C15H19N3O3/c1-15(2,10-3-5-11(16)6-4-10)14-17-13(18-21-14)12-9-19-7-8-20-12/h3-6,12H,7-9,16H2,1-2H3. The Balaban J connectivity index is 1.85. The summed E-state index contributed by atoms with van der Waals surface area (Å²) in [7, 11) is 0. The Morgan fingerprint density at radius 1 is 1.19 bits per heavy atom. The normalized spacial score (nSPS) is 19.6. The van der Waals surface area contributed by atoms with Gasteiger partial charge in [-0.05, 0) is 31.5 Å². The quantitative estimate of drug-likeness (QED) is 0.871. The highest BCUT2D eigenvalue weighted by molar-refractivity contribution is 5.42. The maximum atomic E-state index is 5.73. The zero-order chi connectivity index (χ0) is 14.9.